The summed E-state index contributed by atoms with van der Waals surface area (Å²) in [6.07, 6.45) is 0.528. The number of nitrogens with zero attached hydrogens (tertiary/aromatic N) is 1. The second kappa shape index (κ2) is 5.95. The molecule has 2 N–H and O–H groups in total. The zero-order valence-corrected chi connectivity index (χ0v) is 8.57. The first kappa shape index (κ1) is 11.4. The summed E-state index contributed by atoms with van der Waals surface area (Å²) in [5.41, 5.74) is 5.42. The highest BCUT2D eigenvalue weighted by atomic mass is 16.6. The van der Waals surface area contributed by atoms with E-state index in [4.69, 9.17) is 10.5 Å². The number of morpholine rings is 1. The number of hydrogen-bond donors (Lipinski definition) is 1. The Labute approximate surface area is 84.1 Å². The zero-order valence-electron chi connectivity index (χ0n) is 8.57. The lowest BCUT2D eigenvalue weighted by Gasteiger charge is -2.31. The van der Waals surface area contributed by atoms with Crippen LogP contribution in [0, 0.1) is 0 Å². The molecule has 0 radical (unpaired) electrons. The molecule has 0 amide bonds. The molecule has 1 aliphatic rings. The number of carbonyl (C=O) groups excluding carboxylic acids is 1. The minimum atomic E-state index is -0.425. The van der Waals surface area contributed by atoms with Crippen molar-refractivity contribution in [2.45, 2.75) is 12.5 Å². The SMILES string of the molecule is COC(=O)C1CN(CCCN)CCO1. The number of methoxy groups -OCH3 is 1. The van der Waals surface area contributed by atoms with E-state index in [9.17, 15) is 4.79 Å². The van der Waals surface area contributed by atoms with E-state index in [1.165, 1.54) is 7.11 Å². The van der Waals surface area contributed by atoms with Crippen molar-refractivity contribution < 1.29 is 14.3 Å². The van der Waals surface area contributed by atoms with Crippen molar-refractivity contribution in [2.24, 2.45) is 5.73 Å². The summed E-state index contributed by atoms with van der Waals surface area (Å²) in [5.74, 6) is -0.289. The smallest absolute Gasteiger partial charge is 0.336 e. The maximum Gasteiger partial charge on any atom is 0.336 e. The molecule has 1 atom stereocenters. The Morgan fingerprint density at radius 1 is 1.71 bits per heavy atom. The van der Waals surface area contributed by atoms with Crippen molar-refractivity contribution >= 4 is 5.97 Å². The van der Waals surface area contributed by atoms with Gasteiger partial charge in [0.2, 0.25) is 0 Å². The molecular formula is C9H18N2O3. The maximum absolute atomic E-state index is 11.2. The summed E-state index contributed by atoms with van der Waals surface area (Å²) in [5, 5.41) is 0. The fourth-order valence-corrected chi connectivity index (χ4v) is 1.49. The molecule has 0 aromatic heterocycles. The van der Waals surface area contributed by atoms with Crippen LogP contribution in [-0.4, -0.2) is 56.9 Å². The van der Waals surface area contributed by atoms with Crippen molar-refractivity contribution in [1.29, 1.82) is 0 Å². The summed E-state index contributed by atoms with van der Waals surface area (Å²) in [7, 11) is 1.38. The number of nitrogens with two attached hydrogens (primary N) is 1. The number of esters is 1. The highest BCUT2D eigenvalue weighted by molar-refractivity contribution is 5.74. The van der Waals surface area contributed by atoms with Crippen LogP contribution in [0.4, 0.5) is 0 Å². The van der Waals surface area contributed by atoms with Gasteiger partial charge < -0.3 is 15.2 Å². The molecule has 0 bridgehead atoms. The third kappa shape index (κ3) is 3.25. The van der Waals surface area contributed by atoms with E-state index >= 15 is 0 Å². The summed E-state index contributed by atoms with van der Waals surface area (Å²) < 4.78 is 9.92. The maximum atomic E-state index is 11.2. The lowest BCUT2D eigenvalue weighted by molar-refractivity contribution is -0.159. The third-order valence-electron chi connectivity index (χ3n) is 2.29. The van der Waals surface area contributed by atoms with Gasteiger partial charge in [0.1, 0.15) is 0 Å². The fraction of sp³-hybridized carbons (Fsp3) is 0.889. The van der Waals surface area contributed by atoms with Crippen molar-refractivity contribution in [3.63, 3.8) is 0 Å². The van der Waals surface area contributed by atoms with E-state index in [0.29, 0.717) is 19.7 Å². The normalized spacial score (nSPS) is 23.4. The first-order valence-corrected chi connectivity index (χ1v) is 4.89. The molecule has 5 nitrogen and oxygen atoms in total. The number of carbonyl (C=O) groups is 1. The van der Waals surface area contributed by atoms with Gasteiger partial charge in [-0.25, -0.2) is 4.79 Å². The summed E-state index contributed by atoms with van der Waals surface area (Å²) in [6.45, 7) is 3.68. The first-order valence-electron chi connectivity index (χ1n) is 4.89. The summed E-state index contributed by atoms with van der Waals surface area (Å²) in [6, 6.07) is 0. The van der Waals surface area contributed by atoms with Crippen LogP contribution in [0.2, 0.25) is 0 Å². The minimum absolute atomic E-state index is 0.289. The lowest BCUT2D eigenvalue weighted by atomic mass is 10.2. The highest BCUT2D eigenvalue weighted by Crippen LogP contribution is 2.06. The van der Waals surface area contributed by atoms with Gasteiger partial charge in [-0.2, -0.15) is 0 Å². The predicted octanol–water partition coefficient (Wildman–Crippen LogP) is -0.791. The summed E-state index contributed by atoms with van der Waals surface area (Å²) in [4.78, 5) is 13.4. The Morgan fingerprint density at radius 3 is 3.14 bits per heavy atom. The van der Waals surface area contributed by atoms with Crippen molar-refractivity contribution in [3.8, 4) is 0 Å². The number of rotatable bonds is 4. The van der Waals surface area contributed by atoms with Crippen LogP contribution in [0.3, 0.4) is 0 Å². The molecule has 14 heavy (non-hydrogen) atoms. The Morgan fingerprint density at radius 2 is 2.50 bits per heavy atom. The number of ether oxygens (including phenoxy) is 2. The molecule has 82 valence electrons. The van der Waals surface area contributed by atoms with Crippen LogP contribution in [0.15, 0.2) is 0 Å². The van der Waals surface area contributed by atoms with E-state index in [1.807, 2.05) is 0 Å². The molecule has 1 saturated heterocycles. The molecule has 0 aliphatic carbocycles. The van der Waals surface area contributed by atoms with Gasteiger partial charge in [0, 0.05) is 13.1 Å². The zero-order chi connectivity index (χ0) is 10.4. The first-order chi connectivity index (χ1) is 6.77. The fourth-order valence-electron chi connectivity index (χ4n) is 1.49. The Hall–Kier alpha value is -0.650. The van der Waals surface area contributed by atoms with Gasteiger partial charge in [0.15, 0.2) is 6.10 Å². The second-order valence-electron chi connectivity index (χ2n) is 3.33. The van der Waals surface area contributed by atoms with Crippen LogP contribution < -0.4 is 5.73 Å². The van der Waals surface area contributed by atoms with E-state index < -0.39 is 6.10 Å². The third-order valence-corrected chi connectivity index (χ3v) is 2.29. The highest BCUT2D eigenvalue weighted by Gasteiger charge is 2.26. The predicted molar refractivity (Wildman–Crippen MR) is 51.9 cm³/mol. The van der Waals surface area contributed by atoms with Gasteiger partial charge in [-0.05, 0) is 19.5 Å². The van der Waals surface area contributed by atoms with E-state index in [2.05, 4.69) is 9.64 Å². The molecule has 0 aromatic carbocycles. The second-order valence-corrected chi connectivity index (χ2v) is 3.33. The molecule has 0 spiro atoms. The minimum Gasteiger partial charge on any atom is -0.467 e. The van der Waals surface area contributed by atoms with Crippen LogP contribution in [-0.2, 0) is 14.3 Å². The Bertz CT molecular complexity index is 187. The van der Waals surface area contributed by atoms with Gasteiger partial charge in [-0.15, -0.1) is 0 Å². The molecule has 0 saturated carbocycles. The van der Waals surface area contributed by atoms with Gasteiger partial charge in [-0.1, -0.05) is 0 Å². The van der Waals surface area contributed by atoms with Crippen molar-refractivity contribution in [2.75, 3.05) is 39.9 Å². The van der Waals surface area contributed by atoms with Crippen LogP contribution in [0.5, 0.6) is 0 Å². The molecular weight excluding hydrogens is 184 g/mol. The standard InChI is InChI=1S/C9H18N2O3/c1-13-9(12)8-7-11(4-2-3-10)5-6-14-8/h8H,2-7,10H2,1H3. The Kier molecular flexibility index (Phi) is 4.86. The van der Waals surface area contributed by atoms with Gasteiger partial charge in [0.25, 0.3) is 0 Å². The van der Waals surface area contributed by atoms with E-state index in [0.717, 1.165) is 19.5 Å². The molecule has 1 unspecified atom stereocenters. The monoisotopic (exact) mass is 202 g/mol. The van der Waals surface area contributed by atoms with Crippen LogP contribution in [0.1, 0.15) is 6.42 Å². The molecule has 1 heterocycles. The molecule has 0 aromatic rings. The molecule has 1 rings (SSSR count). The lowest BCUT2D eigenvalue weighted by Crippen LogP contribution is -2.46. The molecule has 1 fully saturated rings. The van der Waals surface area contributed by atoms with Crippen molar-refractivity contribution in [1.82, 2.24) is 4.90 Å². The van der Waals surface area contributed by atoms with E-state index in [1.54, 1.807) is 0 Å². The van der Waals surface area contributed by atoms with Crippen LogP contribution >= 0.6 is 0 Å². The van der Waals surface area contributed by atoms with E-state index in [-0.39, 0.29) is 5.97 Å². The Balaban J connectivity index is 2.31. The van der Waals surface area contributed by atoms with Gasteiger partial charge in [-0.3, -0.25) is 4.90 Å². The quantitative estimate of drug-likeness (QED) is 0.605. The average molecular weight is 202 g/mol. The molecule has 5 heteroatoms. The average Bonchev–Trinajstić information content (AvgIpc) is 2.25. The van der Waals surface area contributed by atoms with Gasteiger partial charge >= 0.3 is 5.97 Å². The topological polar surface area (TPSA) is 64.8 Å². The largest absolute Gasteiger partial charge is 0.467 e. The van der Waals surface area contributed by atoms with Crippen molar-refractivity contribution in [3.05, 3.63) is 0 Å². The molecule has 1 aliphatic heterocycles. The summed E-state index contributed by atoms with van der Waals surface area (Å²) >= 11 is 0. The van der Waals surface area contributed by atoms with Crippen LogP contribution in [0.25, 0.3) is 0 Å². The van der Waals surface area contributed by atoms with Gasteiger partial charge in [0.05, 0.1) is 13.7 Å². The number of hydrogen-bond acceptors (Lipinski definition) is 5.